The zero-order valence-corrected chi connectivity index (χ0v) is 21.1. The van der Waals surface area contributed by atoms with Crippen molar-refractivity contribution in [1.82, 2.24) is 19.4 Å². The molecule has 0 radical (unpaired) electrons. The molecule has 1 saturated heterocycles. The minimum absolute atomic E-state index is 0.185. The number of hydrogen-bond donors (Lipinski definition) is 2. The van der Waals surface area contributed by atoms with Gasteiger partial charge in [-0.2, -0.15) is 4.98 Å². The molecule has 11 heteroatoms. The number of rotatable bonds is 8. The first-order chi connectivity index (χ1) is 18.9. The summed E-state index contributed by atoms with van der Waals surface area (Å²) >= 11 is 0. The Bertz CT molecular complexity index is 1580. The number of anilines is 4. The van der Waals surface area contributed by atoms with Gasteiger partial charge in [0.2, 0.25) is 11.9 Å². The fraction of sp³-hybridized carbons (Fsp3) is 0.214. The molecule has 39 heavy (non-hydrogen) atoms. The topological polar surface area (TPSA) is 95.4 Å². The van der Waals surface area contributed by atoms with Gasteiger partial charge in [-0.15, -0.1) is 0 Å². The molecular weight excluding hydrogens is 504 g/mol. The van der Waals surface area contributed by atoms with E-state index < -0.39 is 5.82 Å². The molecule has 200 valence electrons. The van der Waals surface area contributed by atoms with E-state index in [0.29, 0.717) is 66.5 Å². The van der Waals surface area contributed by atoms with Gasteiger partial charge in [-0.1, -0.05) is 12.6 Å². The summed E-state index contributed by atoms with van der Waals surface area (Å²) in [6.45, 7) is 6.07. The second-order valence-corrected chi connectivity index (χ2v) is 9.03. The number of nitrogens with one attached hydrogen (secondary N) is 2. The summed E-state index contributed by atoms with van der Waals surface area (Å²) in [4.78, 5) is 37.0. The number of halogens is 2. The number of pyridine rings is 1. The monoisotopic (exact) mass is 531 g/mol. The van der Waals surface area contributed by atoms with Crippen LogP contribution in [0.3, 0.4) is 0 Å². The first-order valence-electron chi connectivity index (χ1n) is 12.5. The zero-order valence-electron chi connectivity index (χ0n) is 21.1. The van der Waals surface area contributed by atoms with Gasteiger partial charge < -0.3 is 20.1 Å². The number of benzene rings is 2. The van der Waals surface area contributed by atoms with Crippen molar-refractivity contribution in [2.24, 2.45) is 0 Å². The molecule has 1 amide bonds. The predicted octanol–water partition coefficient (Wildman–Crippen LogP) is 3.88. The molecule has 0 aliphatic carbocycles. The Labute approximate surface area is 223 Å². The molecule has 1 aliphatic heterocycles. The maximum Gasteiger partial charge on any atom is 0.247 e. The van der Waals surface area contributed by atoms with Crippen molar-refractivity contribution in [3.8, 4) is 5.69 Å². The second kappa shape index (κ2) is 11.4. The molecule has 2 aromatic carbocycles. The predicted molar refractivity (Wildman–Crippen MR) is 148 cm³/mol. The van der Waals surface area contributed by atoms with E-state index in [1.54, 1.807) is 41.1 Å². The molecule has 0 atom stereocenters. The molecule has 2 aromatic heterocycles. The number of hydrogen-bond acceptors (Lipinski definition) is 7. The van der Waals surface area contributed by atoms with Gasteiger partial charge in [0.1, 0.15) is 12.5 Å². The molecule has 2 N–H and O–H groups in total. The minimum Gasteiger partial charge on any atom is -0.367 e. The van der Waals surface area contributed by atoms with Crippen molar-refractivity contribution in [2.75, 3.05) is 54.9 Å². The van der Waals surface area contributed by atoms with Crippen LogP contribution in [0.4, 0.5) is 31.8 Å². The van der Waals surface area contributed by atoms with Crippen LogP contribution in [0.5, 0.6) is 0 Å². The van der Waals surface area contributed by atoms with Gasteiger partial charge in [0.25, 0.3) is 0 Å². The van der Waals surface area contributed by atoms with E-state index in [-0.39, 0.29) is 24.0 Å². The van der Waals surface area contributed by atoms with E-state index in [1.165, 1.54) is 24.4 Å². The van der Waals surface area contributed by atoms with Crippen LogP contribution >= 0.6 is 0 Å². The van der Waals surface area contributed by atoms with Crippen molar-refractivity contribution < 1.29 is 13.6 Å². The van der Waals surface area contributed by atoms with Gasteiger partial charge in [0, 0.05) is 68.2 Å². The fourth-order valence-corrected chi connectivity index (χ4v) is 4.53. The molecule has 9 nitrogen and oxygen atoms in total. The Balaban J connectivity index is 1.40. The smallest absolute Gasteiger partial charge is 0.247 e. The van der Waals surface area contributed by atoms with Crippen molar-refractivity contribution in [3.05, 3.63) is 89.6 Å². The van der Waals surface area contributed by atoms with Crippen LogP contribution in [0.1, 0.15) is 0 Å². The highest BCUT2D eigenvalue weighted by molar-refractivity contribution is 5.99. The summed E-state index contributed by atoms with van der Waals surface area (Å²) in [6, 6.07) is 13.3. The van der Waals surface area contributed by atoms with Crippen LogP contribution in [0.2, 0.25) is 0 Å². The molecule has 5 rings (SSSR count). The van der Waals surface area contributed by atoms with E-state index in [1.807, 2.05) is 15.9 Å². The lowest BCUT2D eigenvalue weighted by molar-refractivity contribution is -0.111. The van der Waals surface area contributed by atoms with Gasteiger partial charge in [-0.25, -0.2) is 13.8 Å². The first-order valence-corrected chi connectivity index (χ1v) is 12.5. The molecule has 4 aromatic rings. The Morgan fingerprint density at radius 2 is 1.90 bits per heavy atom. The van der Waals surface area contributed by atoms with Crippen LogP contribution < -0.4 is 21.0 Å². The van der Waals surface area contributed by atoms with Crippen LogP contribution in [0.25, 0.3) is 16.7 Å². The van der Waals surface area contributed by atoms with E-state index >= 15 is 4.39 Å². The summed E-state index contributed by atoms with van der Waals surface area (Å²) in [6.07, 6.45) is 4.20. The molecule has 3 heterocycles. The van der Waals surface area contributed by atoms with Crippen molar-refractivity contribution in [1.29, 1.82) is 0 Å². The number of alkyl halides is 1. The van der Waals surface area contributed by atoms with E-state index in [2.05, 4.69) is 27.2 Å². The third-order valence-corrected chi connectivity index (χ3v) is 6.53. The van der Waals surface area contributed by atoms with E-state index in [4.69, 9.17) is 0 Å². The van der Waals surface area contributed by atoms with Gasteiger partial charge >= 0.3 is 0 Å². The molecule has 0 spiro atoms. The Morgan fingerprint density at radius 1 is 1.08 bits per heavy atom. The highest BCUT2D eigenvalue weighted by Crippen LogP contribution is 2.26. The zero-order chi connectivity index (χ0) is 27.4. The quantitative estimate of drug-likeness (QED) is 0.333. The average Bonchev–Trinajstić information content (AvgIpc) is 2.94. The van der Waals surface area contributed by atoms with Gasteiger partial charge in [-0.3, -0.25) is 14.5 Å². The Morgan fingerprint density at radius 3 is 2.64 bits per heavy atom. The largest absolute Gasteiger partial charge is 0.367 e. The maximum absolute atomic E-state index is 15.1. The lowest BCUT2D eigenvalue weighted by Crippen LogP contribution is -2.47. The SMILES string of the molecule is C=CC(=O)Nc1cccc(-n2ccc(=O)c3cnc(Nc4ccc(N5CCN(CCF)CC5)c(F)c4)nc32)c1. The molecular formula is C28H27F2N7O2. The average molecular weight is 532 g/mol. The minimum atomic E-state index is -0.393. The number of piperazine rings is 1. The normalized spacial score (nSPS) is 13.8. The summed E-state index contributed by atoms with van der Waals surface area (Å²) in [5.74, 6) is -0.553. The number of amides is 1. The van der Waals surface area contributed by atoms with Gasteiger partial charge in [0.05, 0.1) is 11.1 Å². The molecule has 0 bridgehead atoms. The molecule has 0 unspecified atom stereocenters. The number of fused-ring (bicyclic) bond motifs is 1. The highest BCUT2D eigenvalue weighted by Gasteiger charge is 2.19. The third kappa shape index (κ3) is 5.78. The van der Waals surface area contributed by atoms with E-state index in [0.717, 1.165) is 0 Å². The third-order valence-electron chi connectivity index (χ3n) is 6.53. The van der Waals surface area contributed by atoms with Crippen molar-refractivity contribution in [3.63, 3.8) is 0 Å². The summed E-state index contributed by atoms with van der Waals surface area (Å²) in [7, 11) is 0. The number of nitrogens with zero attached hydrogens (tertiary/aromatic N) is 5. The number of carbonyl (C=O) groups excluding carboxylic acids is 1. The molecule has 1 fully saturated rings. The van der Waals surface area contributed by atoms with Gasteiger partial charge in [0.15, 0.2) is 11.1 Å². The summed E-state index contributed by atoms with van der Waals surface area (Å²) in [5, 5.41) is 6.04. The fourth-order valence-electron chi connectivity index (χ4n) is 4.53. The molecule has 0 saturated carbocycles. The number of carbonyl (C=O) groups is 1. The lowest BCUT2D eigenvalue weighted by atomic mass is 10.2. The Hall–Kier alpha value is -4.64. The van der Waals surface area contributed by atoms with Crippen LogP contribution in [-0.4, -0.2) is 64.7 Å². The summed E-state index contributed by atoms with van der Waals surface area (Å²) in [5.41, 5.74) is 2.24. The summed E-state index contributed by atoms with van der Waals surface area (Å²) < 4.78 is 29.4. The first kappa shape index (κ1) is 26.0. The second-order valence-electron chi connectivity index (χ2n) is 9.03. The van der Waals surface area contributed by atoms with Crippen molar-refractivity contribution >= 4 is 40.0 Å². The lowest BCUT2D eigenvalue weighted by Gasteiger charge is -2.35. The van der Waals surface area contributed by atoms with Crippen LogP contribution in [-0.2, 0) is 4.79 Å². The van der Waals surface area contributed by atoms with E-state index in [9.17, 15) is 14.0 Å². The van der Waals surface area contributed by atoms with Crippen molar-refractivity contribution in [2.45, 2.75) is 0 Å². The standard InChI is InChI=1S/C28H27F2N7O2/c1-2-26(39)32-19-4-3-5-21(16-19)37-10-8-25(38)22-18-31-28(34-27(22)37)33-20-6-7-24(23(30)17-20)36-14-12-35(11-9-29)13-15-36/h2-8,10,16-18H,1,9,11-15H2,(H,32,39)(H,31,33,34). The highest BCUT2D eigenvalue weighted by atomic mass is 19.1. The van der Waals surface area contributed by atoms with Crippen LogP contribution in [0, 0.1) is 5.82 Å². The maximum atomic E-state index is 15.1. The number of aromatic nitrogens is 3. The van der Waals surface area contributed by atoms with Gasteiger partial charge in [-0.05, 0) is 42.5 Å². The molecule has 1 aliphatic rings. The van der Waals surface area contributed by atoms with Crippen LogP contribution in [0.15, 0.2) is 78.4 Å². The Kier molecular flexibility index (Phi) is 7.60.